The molecule has 1 saturated heterocycles. The smallest absolute Gasteiger partial charge is 0.331 e. The summed E-state index contributed by atoms with van der Waals surface area (Å²) in [7, 11) is 0. The lowest BCUT2D eigenvalue weighted by atomic mass is 10.1. The molecule has 0 saturated carbocycles. The third-order valence-corrected chi connectivity index (χ3v) is 2.35. The number of aliphatic hydroxyl groups excluding tert-OH is 1. The Morgan fingerprint density at radius 2 is 1.71 bits per heavy atom. The van der Waals surface area contributed by atoms with Crippen LogP contribution < -0.4 is 0 Å². The number of carbonyl (C=O) groups is 2. The minimum Gasteiger partial charge on any atom is -0.478 e. The fourth-order valence-electron chi connectivity index (χ4n) is 1.18. The van der Waals surface area contributed by atoms with Gasteiger partial charge in [-0.25, -0.2) is 4.79 Å². The molecule has 14 heavy (non-hydrogen) atoms. The van der Waals surface area contributed by atoms with Crippen molar-refractivity contribution in [1.82, 2.24) is 4.90 Å². The summed E-state index contributed by atoms with van der Waals surface area (Å²) < 4.78 is 0. The molecule has 0 unspecified atom stereocenters. The van der Waals surface area contributed by atoms with E-state index in [2.05, 4.69) is 0 Å². The maximum Gasteiger partial charge on any atom is 0.331 e. The maximum atomic E-state index is 11.5. The van der Waals surface area contributed by atoms with E-state index in [-0.39, 0.29) is 17.1 Å². The van der Waals surface area contributed by atoms with Gasteiger partial charge in [-0.3, -0.25) is 4.79 Å². The Bertz CT molecular complexity index is 302. The first kappa shape index (κ1) is 10.7. The molecule has 0 aromatic rings. The van der Waals surface area contributed by atoms with Crippen LogP contribution in [-0.4, -0.2) is 46.2 Å². The molecule has 0 aromatic heterocycles. The van der Waals surface area contributed by atoms with Crippen molar-refractivity contribution in [1.29, 1.82) is 0 Å². The van der Waals surface area contributed by atoms with E-state index < -0.39 is 12.1 Å². The van der Waals surface area contributed by atoms with Gasteiger partial charge in [0, 0.05) is 24.2 Å². The fraction of sp³-hybridized carbons (Fsp3) is 0.556. The van der Waals surface area contributed by atoms with Gasteiger partial charge in [-0.05, 0) is 13.8 Å². The third kappa shape index (κ3) is 1.93. The number of carboxylic acids is 1. The number of rotatable bonds is 2. The summed E-state index contributed by atoms with van der Waals surface area (Å²) in [5.74, 6) is -1.40. The molecule has 0 aromatic carbocycles. The van der Waals surface area contributed by atoms with Crippen molar-refractivity contribution in [2.24, 2.45) is 0 Å². The van der Waals surface area contributed by atoms with Crippen LogP contribution in [0.5, 0.6) is 0 Å². The first-order valence-corrected chi connectivity index (χ1v) is 4.31. The van der Waals surface area contributed by atoms with Crippen LogP contribution in [0.1, 0.15) is 13.8 Å². The molecule has 5 nitrogen and oxygen atoms in total. The van der Waals surface area contributed by atoms with E-state index in [0.29, 0.717) is 13.1 Å². The Kier molecular flexibility index (Phi) is 2.90. The van der Waals surface area contributed by atoms with Crippen LogP contribution in [0.3, 0.4) is 0 Å². The van der Waals surface area contributed by atoms with Gasteiger partial charge in [0.2, 0.25) is 5.91 Å². The lowest BCUT2D eigenvalue weighted by molar-refractivity contribution is -0.138. The largest absolute Gasteiger partial charge is 0.478 e. The van der Waals surface area contributed by atoms with Crippen molar-refractivity contribution < 1.29 is 19.8 Å². The van der Waals surface area contributed by atoms with E-state index in [9.17, 15) is 9.59 Å². The van der Waals surface area contributed by atoms with Crippen molar-refractivity contribution in [3.05, 3.63) is 11.1 Å². The highest BCUT2D eigenvalue weighted by Gasteiger charge is 2.30. The average molecular weight is 199 g/mol. The lowest BCUT2D eigenvalue weighted by Crippen LogP contribution is -2.53. The summed E-state index contributed by atoms with van der Waals surface area (Å²) in [6, 6.07) is 0. The highest BCUT2D eigenvalue weighted by Crippen LogP contribution is 2.14. The van der Waals surface area contributed by atoms with Crippen LogP contribution in [0.2, 0.25) is 0 Å². The molecular formula is C9H13NO4. The van der Waals surface area contributed by atoms with Gasteiger partial charge in [-0.1, -0.05) is 0 Å². The van der Waals surface area contributed by atoms with E-state index >= 15 is 0 Å². The number of hydrogen-bond donors (Lipinski definition) is 2. The lowest BCUT2D eigenvalue weighted by Gasteiger charge is -2.36. The van der Waals surface area contributed by atoms with Crippen molar-refractivity contribution in [2.75, 3.05) is 13.1 Å². The predicted molar refractivity (Wildman–Crippen MR) is 48.6 cm³/mol. The van der Waals surface area contributed by atoms with E-state index in [0.717, 1.165) is 0 Å². The zero-order valence-electron chi connectivity index (χ0n) is 8.15. The Labute approximate surface area is 81.6 Å². The summed E-state index contributed by atoms with van der Waals surface area (Å²) in [6.45, 7) is 3.47. The second kappa shape index (κ2) is 3.79. The summed E-state index contributed by atoms with van der Waals surface area (Å²) in [6.07, 6.45) is -0.461. The second-order valence-electron chi connectivity index (χ2n) is 3.42. The number of carbonyl (C=O) groups excluding carboxylic acids is 1. The number of hydrogen-bond acceptors (Lipinski definition) is 3. The SMILES string of the molecule is CC(C(=O)O)=C(C)C(=O)N1CC(O)C1. The molecule has 1 aliphatic heterocycles. The molecule has 1 heterocycles. The molecule has 0 aliphatic carbocycles. The topological polar surface area (TPSA) is 77.8 Å². The summed E-state index contributed by atoms with van der Waals surface area (Å²) in [5.41, 5.74) is 0.279. The summed E-state index contributed by atoms with van der Waals surface area (Å²) in [5, 5.41) is 17.6. The number of likely N-dealkylation sites (tertiary alicyclic amines) is 1. The summed E-state index contributed by atoms with van der Waals surface area (Å²) in [4.78, 5) is 23.5. The van der Waals surface area contributed by atoms with E-state index in [1.807, 2.05) is 0 Å². The molecule has 1 rings (SSSR count). The minimum atomic E-state index is -1.09. The van der Waals surface area contributed by atoms with Crippen molar-refractivity contribution >= 4 is 11.9 Å². The highest BCUT2D eigenvalue weighted by molar-refractivity contribution is 6.01. The van der Waals surface area contributed by atoms with Crippen molar-refractivity contribution in [2.45, 2.75) is 20.0 Å². The van der Waals surface area contributed by atoms with Gasteiger partial charge in [0.05, 0.1) is 6.10 Å². The first-order chi connectivity index (χ1) is 6.43. The molecule has 0 spiro atoms. The zero-order chi connectivity index (χ0) is 10.9. The predicted octanol–water partition coefficient (Wildman–Crippen LogP) is -0.390. The van der Waals surface area contributed by atoms with Gasteiger partial charge >= 0.3 is 5.97 Å². The molecule has 1 fully saturated rings. The Hall–Kier alpha value is -1.36. The monoisotopic (exact) mass is 199 g/mol. The van der Waals surface area contributed by atoms with E-state index in [4.69, 9.17) is 10.2 Å². The quantitative estimate of drug-likeness (QED) is 0.594. The number of carboxylic acid groups (broad SMARTS) is 1. The van der Waals surface area contributed by atoms with Crippen LogP contribution in [0.25, 0.3) is 0 Å². The molecule has 0 bridgehead atoms. The van der Waals surface area contributed by atoms with Gasteiger partial charge in [0.15, 0.2) is 0 Å². The zero-order valence-corrected chi connectivity index (χ0v) is 8.15. The first-order valence-electron chi connectivity index (χ1n) is 4.31. The minimum absolute atomic E-state index is 0.0522. The molecule has 78 valence electrons. The van der Waals surface area contributed by atoms with Gasteiger partial charge in [0.1, 0.15) is 0 Å². The summed E-state index contributed by atoms with van der Waals surface area (Å²) >= 11 is 0. The van der Waals surface area contributed by atoms with Crippen LogP contribution in [-0.2, 0) is 9.59 Å². The van der Waals surface area contributed by atoms with Gasteiger partial charge in [-0.2, -0.15) is 0 Å². The molecule has 1 aliphatic rings. The van der Waals surface area contributed by atoms with Crippen molar-refractivity contribution in [3.8, 4) is 0 Å². The highest BCUT2D eigenvalue weighted by atomic mass is 16.4. The standard InChI is InChI=1S/C9H13NO4/c1-5(6(2)9(13)14)8(12)10-3-7(11)4-10/h7,11H,3-4H2,1-2H3,(H,13,14). The normalized spacial score (nSPS) is 18.6. The fourth-order valence-corrected chi connectivity index (χ4v) is 1.18. The second-order valence-corrected chi connectivity index (χ2v) is 3.42. The van der Waals surface area contributed by atoms with Crippen LogP contribution in [0.15, 0.2) is 11.1 Å². The van der Waals surface area contributed by atoms with Crippen molar-refractivity contribution in [3.63, 3.8) is 0 Å². The van der Waals surface area contributed by atoms with E-state index in [1.54, 1.807) is 0 Å². The molecule has 0 radical (unpaired) electrons. The molecule has 5 heteroatoms. The Morgan fingerprint density at radius 3 is 2.07 bits per heavy atom. The number of aliphatic hydroxyl groups is 1. The van der Waals surface area contributed by atoms with Crippen LogP contribution in [0, 0.1) is 0 Å². The molecule has 2 N–H and O–H groups in total. The average Bonchev–Trinajstić information content (AvgIpc) is 2.09. The van der Waals surface area contributed by atoms with Gasteiger partial charge in [0.25, 0.3) is 0 Å². The third-order valence-electron chi connectivity index (χ3n) is 2.35. The Balaban J connectivity index is 2.70. The molecule has 0 atom stereocenters. The van der Waals surface area contributed by atoms with Gasteiger partial charge < -0.3 is 15.1 Å². The molecular weight excluding hydrogens is 186 g/mol. The van der Waals surface area contributed by atoms with Gasteiger partial charge in [-0.15, -0.1) is 0 Å². The molecule has 1 amide bonds. The van der Waals surface area contributed by atoms with Crippen LogP contribution in [0.4, 0.5) is 0 Å². The maximum absolute atomic E-state index is 11.5. The Morgan fingerprint density at radius 1 is 1.21 bits per heavy atom. The van der Waals surface area contributed by atoms with Crippen LogP contribution >= 0.6 is 0 Å². The number of β-amino-alcohol motifs (C(OH)–C–C–N with tert-alkyl or cyclic N) is 1. The number of aliphatic carboxylic acids is 1. The van der Waals surface area contributed by atoms with E-state index in [1.165, 1.54) is 18.7 Å². The number of amides is 1. The number of nitrogens with zero attached hydrogens (tertiary/aromatic N) is 1.